The van der Waals surface area contributed by atoms with Crippen molar-refractivity contribution in [2.75, 3.05) is 23.0 Å². The maximum absolute atomic E-state index is 14.6. The minimum Gasteiger partial charge on any atom is -0.299 e. The average molecular weight is 1130 g/mol. The van der Waals surface area contributed by atoms with E-state index in [-0.39, 0.29) is 83.4 Å². The van der Waals surface area contributed by atoms with Gasteiger partial charge in [-0.25, -0.2) is 0 Å². The Balaban J connectivity index is 0.00000706. The molecule has 0 aromatic heterocycles. The van der Waals surface area contributed by atoms with Crippen LogP contribution < -0.4 is 29.6 Å². The number of Topliss-reactive ketones (excluding diaryl/α,β-unsaturated/α-hetero) is 4. The third kappa shape index (κ3) is 8.52. The zero-order valence-corrected chi connectivity index (χ0v) is 50.2. The second kappa shape index (κ2) is 18.1. The monoisotopic (exact) mass is 1130 g/mol. The molecule has 76 heavy (non-hydrogen) atoms. The van der Waals surface area contributed by atoms with Crippen molar-refractivity contribution in [1.82, 2.24) is 0 Å². The number of carbonyl (C=O) groups excluding carboxylic acids is 4. The van der Waals surface area contributed by atoms with Crippen molar-refractivity contribution in [2.24, 2.45) is 78.8 Å². The van der Waals surface area contributed by atoms with Crippen molar-refractivity contribution in [3.63, 3.8) is 0 Å². The number of allylic oxidation sites excluding steroid dienone is 2. The van der Waals surface area contributed by atoms with E-state index < -0.39 is 124 Å². The molecule has 2 aromatic carbocycles. The van der Waals surface area contributed by atoms with E-state index in [0.29, 0.717) is 73.6 Å². The molecule has 2 aromatic rings. The molecule has 0 saturated heterocycles. The van der Waals surface area contributed by atoms with Gasteiger partial charge in [-0.05, 0) is 144 Å². The third-order valence-electron chi connectivity index (χ3n) is 22.2. The van der Waals surface area contributed by atoms with Crippen molar-refractivity contribution in [1.29, 1.82) is 0 Å². The van der Waals surface area contributed by atoms with Gasteiger partial charge in [0, 0.05) is 23.0 Å². The van der Waals surface area contributed by atoms with Gasteiger partial charge in [-0.1, -0.05) is 104 Å². The fraction of sp³-hybridized carbons (Fsp3) is 0.643. The van der Waals surface area contributed by atoms with Crippen LogP contribution in [0.5, 0.6) is 0 Å². The van der Waals surface area contributed by atoms with E-state index in [0.717, 1.165) is 11.1 Å². The number of fused-ring (bicyclic) bond motifs is 8. The minimum absolute atomic E-state index is 0. The Bertz CT molecular complexity index is 3380. The standard InChI is InChI=1S/C56H70O15S4.Na/c1-49(2)41-17-21-53(49,29-72(61,62)63)45(57)37(41)25-33-9-13-35(14-10-33)27-39-43-19-23-55(47(39)59,51(43,5)6)31-74(67,68)71-75(69,70)32-56-24-20-44(52(56,7)8)40(48(56)60)28-36-15-11-34(12-16-36)26-38-42-18-22-54(46(38)58,50(42,3)4)30-73(64,65)66;/h9-16,25,27,38,40-44H,17-24,26,28-32H2,1-8H3,(H,61,62,63)(H,64,65,66);/q;+1/b37-25?,39-27+;. The molecule has 10 unspecified atom stereocenters. The van der Waals surface area contributed by atoms with Crippen molar-refractivity contribution in [2.45, 2.75) is 120 Å². The molecule has 0 heterocycles. The fourth-order valence-electron chi connectivity index (χ4n) is 17.7. The van der Waals surface area contributed by atoms with Crippen LogP contribution in [0.2, 0.25) is 0 Å². The summed E-state index contributed by atoms with van der Waals surface area (Å²) in [4.78, 5) is 56.7. The molecular weight excluding hydrogens is 1060 g/mol. The molecule has 8 bridgehead atoms. The number of rotatable bonds is 16. The maximum Gasteiger partial charge on any atom is 1.00 e. The summed E-state index contributed by atoms with van der Waals surface area (Å²) in [6.45, 7) is 14.9. The Kier molecular flexibility index (Phi) is 13.8. The second-order valence-corrected chi connectivity index (χ2v) is 32.6. The Morgan fingerprint density at radius 1 is 0.474 bits per heavy atom. The molecule has 0 spiro atoms. The first-order chi connectivity index (χ1) is 34.4. The predicted octanol–water partition coefficient (Wildman–Crippen LogP) is 4.95. The van der Waals surface area contributed by atoms with Gasteiger partial charge in [-0.2, -0.15) is 33.7 Å². The van der Waals surface area contributed by atoms with Crippen LogP contribution in [0.3, 0.4) is 0 Å². The van der Waals surface area contributed by atoms with Crippen molar-refractivity contribution in [3.8, 4) is 0 Å². The average Bonchev–Trinajstić information content (AvgIpc) is 4.00. The van der Waals surface area contributed by atoms with Gasteiger partial charge in [0.25, 0.3) is 40.5 Å². The van der Waals surface area contributed by atoms with Crippen molar-refractivity contribution >= 4 is 75.8 Å². The first-order valence-corrected chi connectivity index (χ1v) is 32.6. The van der Waals surface area contributed by atoms with Gasteiger partial charge < -0.3 is 0 Å². The molecule has 10 rings (SSSR count). The molecule has 20 heteroatoms. The molecule has 0 amide bonds. The van der Waals surface area contributed by atoms with Crippen LogP contribution in [0.1, 0.15) is 129 Å². The number of hydrogen-bond donors (Lipinski definition) is 2. The zero-order valence-electron chi connectivity index (χ0n) is 45.0. The van der Waals surface area contributed by atoms with E-state index in [2.05, 4.69) is 0 Å². The molecular formula is C56H70NaO15S4+. The summed E-state index contributed by atoms with van der Waals surface area (Å²) in [6.07, 6.45) is 7.78. The van der Waals surface area contributed by atoms with Crippen LogP contribution in [-0.4, -0.2) is 88.9 Å². The molecule has 15 nitrogen and oxygen atoms in total. The molecule has 0 aliphatic heterocycles. The van der Waals surface area contributed by atoms with Crippen LogP contribution in [0.15, 0.2) is 59.7 Å². The van der Waals surface area contributed by atoms with Gasteiger partial charge in [0.05, 0.1) is 44.7 Å². The van der Waals surface area contributed by atoms with Gasteiger partial charge >= 0.3 is 29.6 Å². The van der Waals surface area contributed by atoms with Crippen LogP contribution >= 0.6 is 0 Å². The predicted molar refractivity (Wildman–Crippen MR) is 280 cm³/mol. The summed E-state index contributed by atoms with van der Waals surface area (Å²) < 4.78 is 129. The Hall–Kier alpha value is -2.72. The van der Waals surface area contributed by atoms with E-state index in [1.54, 1.807) is 36.4 Å². The maximum atomic E-state index is 14.6. The zero-order chi connectivity index (χ0) is 54.9. The fourth-order valence-corrected chi connectivity index (χ4v) is 24.4. The molecule has 10 atom stereocenters. The van der Waals surface area contributed by atoms with Crippen molar-refractivity contribution < 1.29 is 95.1 Å². The normalized spacial score (nSPS) is 36.6. The van der Waals surface area contributed by atoms with Crippen LogP contribution in [-0.2, 0) is 76.1 Å². The first-order valence-electron chi connectivity index (χ1n) is 26.3. The molecule has 8 aliphatic carbocycles. The third-order valence-corrected chi connectivity index (χ3v) is 27.2. The van der Waals surface area contributed by atoms with Crippen LogP contribution in [0.4, 0.5) is 0 Å². The minimum atomic E-state index is -4.92. The van der Waals surface area contributed by atoms with Gasteiger partial charge in [0.1, 0.15) is 11.6 Å². The Morgan fingerprint density at radius 2 is 0.789 bits per heavy atom. The summed E-state index contributed by atoms with van der Waals surface area (Å²) in [5.74, 6) is -5.68. The number of hydrogen-bond acceptors (Lipinski definition) is 13. The van der Waals surface area contributed by atoms with E-state index in [1.807, 2.05) is 79.7 Å². The molecule has 0 radical (unpaired) electrons. The Morgan fingerprint density at radius 3 is 1.16 bits per heavy atom. The molecule has 8 fully saturated rings. The quantitative estimate of drug-likeness (QED) is 0.128. The topological polar surface area (TPSA) is 255 Å². The summed E-state index contributed by atoms with van der Waals surface area (Å²) in [5.41, 5.74) is -4.25. The van der Waals surface area contributed by atoms with Crippen molar-refractivity contribution in [3.05, 3.63) is 81.9 Å². The number of carbonyl (C=O) groups is 4. The molecule has 2 N–H and O–H groups in total. The van der Waals surface area contributed by atoms with E-state index in [4.69, 9.17) is 3.63 Å². The summed E-state index contributed by atoms with van der Waals surface area (Å²) in [6, 6.07) is 14.7. The molecule has 408 valence electrons. The van der Waals surface area contributed by atoms with E-state index in [1.165, 1.54) is 0 Å². The van der Waals surface area contributed by atoms with Gasteiger partial charge in [0.2, 0.25) is 0 Å². The molecule has 8 saturated carbocycles. The molecule has 8 aliphatic rings. The number of ketones is 4. The van der Waals surface area contributed by atoms with Gasteiger partial charge in [-0.3, -0.25) is 28.3 Å². The summed E-state index contributed by atoms with van der Waals surface area (Å²) >= 11 is 0. The summed E-state index contributed by atoms with van der Waals surface area (Å²) in [7, 11) is -18.6. The number of benzene rings is 2. The van der Waals surface area contributed by atoms with E-state index in [9.17, 15) is 62.0 Å². The Labute approximate surface area is 470 Å². The smallest absolute Gasteiger partial charge is 0.299 e. The van der Waals surface area contributed by atoms with Gasteiger partial charge in [-0.15, -0.1) is 3.63 Å². The van der Waals surface area contributed by atoms with Crippen LogP contribution in [0.25, 0.3) is 12.2 Å². The van der Waals surface area contributed by atoms with Crippen LogP contribution in [0, 0.1) is 78.8 Å². The largest absolute Gasteiger partial charge is 1.00 e. The first kappa shape index (κ1) is 58.0. The summed E-state index contributed by atoms with van der Waals surface area (Å²) in [5, 5.41) is 0. The van der Waals surface area contributed by atoms with Gasteiger partial charge in [0.15, 0.2) is 11.6 Å². The SMILES string of the molecule is CC1(C)C2CCC1(CS(=O)(=O)O)C(=O)C2=Cc1ccc(/C=C2/C(=O)C3(CS(=O)(=O)OS(=O)(=O)CC45CCC(C(Cc6ccc(CC7C(=O)C8(CS(=O)(=O)O)CCC7C8(C)C)cc6)C4=O)C5(C)C)CCC2C3(C)C)cc1.[Na+]. The second-order valence-electron chi connectivity index (χ2n) is 26.3. The van der Waals surface area contributed by atoms with E-state index >= 15 is 0 Å².